The highest BCUT2D eigenvalue weighted by molar-refractivity contribution is 5.89. The Balaban J connectivity index is 1.40. The molecule has 8 nitrogen and oxygen atoms in total. The van der Waals surface area contributed by atoms with Crippen LogP contribution >= 0.6 is 0 Å². The van der Waals surface area contributed by atoms with Crippen LogP contribution in [0.1, 0.15) is 30.4 Å². The van der Waals surface area contributed by atoms with E-state index >= 15 is 0 Å². The van der Waals surface area contributed by atoms with Crippen molar-refractivity contribution in [3.8, 4) is 5.75 Å². The second-order valence-corrected chi connectivity index (χ2v) is 7.75. The van der Waals surface area contributed by atoms with Gasteiger partial charge in [-0.3, -0.25) is 4.90 Å². The molecule has 32 heavy (non-hydrogen) atoms. The van der Waals surface area contributed by atoms with E-state index in [1.165, 1.54) is 6.07 Å². The van der Waals surface area contributed by atoms with E-state index < -0.39 is 17.9 Å². The van der Waals surface area contributed by atoms with Crippen LogP contribution < -0.4 is 15.4 Å². The number of pyridine rings is 1. The zero-order valence-corrected chi connectivity index (χ0v) is 17.5. The zero-order valence-electron chi connectivity index (χ0n) is 17.5. The number of fused-ring (bicyclic) bond motifs is 1. The number of amides is 2. The molecule has 1 aromatic carbocycles. The third-order valence-electron chi connectivity index (χ3n) is 5.54. The van der Waals surface area contributed by atoms with Gasteiger partial charge in [-0.05, 0) is 44.2 Å². The fourth-order valence-corrected chi connectivity index (χ4v) is 3.81. The Labute approximate surface area is 182 Å². The van der Waals surface area contributed by atoms with E-state index in [2.05, 4.69) is 25.5 Å². The molecule has 1 fully saturated rings. The van der Waals surface area contributed by atoms with Gasteiger partial charge < -0.3 is 20.4 Å². The van der Waals surface area contributed by atoms with E-state index in [1.54, 1.807) is 7.11 Å². The Kier molecular flexibility index (Phi) is 5.92. The predicted octanol–water partition coefficient (Wildman–Crippen LogP) is 3.94. The van der Waals surface area contributed by atoms with E-state index in [-0.39, 0.29) is 17.8 Å². The Bertz CT molecular complexity index is 1100. The third kappa shape index (κ3) is 4.77. The monoisotopic (exact) mass is 448 g/mol. The van der Waals surface area contributed by atoms with Gasteiger partial charge in [0.15, 0.2) is 0 Å². The molecule has 0 spiro atoms. The molecule has 3 aromatic rings. The maximum atomic E-state index is 12.6. The number of urea groups is 1. The number of nitrogens with zero attached hydrogens (tertiary/aromatic N) is 3. The molecule has 1 aliphatic heterocycles. The summed E-state index contributed by atoms with van der Waals surface area (Å²) in [5.74, 6) is 1.52. The number of carbonyl (C=O) groups is 1. The van der Waals surface area contributed by atoms with E-state index in [9.17, 15) is 18.0 Å². The molecule has 1 aliphatic rings. The first-order chi connectivity index (χ1) is 15.2. The summed E-state index contributed by atoms with van der Waals surface area (Å²) in [6, 6.07) is 7.00. The number of H-pyrrole nitrogens is 1. The molecule has 0 aliphatic carbocycles. The van der Waals surface area contributed by atoms with E-state index in [0.29, 0.717) is 6.42 Å². The zero-order chi connectivity index (χ0) is 22.9. The SMILES string of the molecule is COc1ccc2[nH]c([C@H]3C[C@H](NC(=O)Nc4ccc(C(F)(F)F)nc4)CCN3C)nc2c1. The lowest BCUT2D eigenvalue weighted by atomic mass is 9.97. The van der Waals surface area contributed by atoms with Crippen LogP contribution in [0.5, 0.6) is 5.75 Å². The van der Waals surface area contributed by atoms with Crippen LogP contribution in [0.3, 0.4) is 0 Å². The van der Waals surface area contributed by atoms with Crippen LogP contribution in [0.15, 0.2) is 36.5 Å². The Hall–Kier alpha value is -3.34. The minimum Gasteiger partial charge on any atom is -0.497 e. The molecule has 170 valence electrons. The van der Waals surface area contributed by atoms with E-state index in [0.717, 1.165) is 47.8 Å². The Morgan fingerprint density at radius 3 is 2.78 bits per heavy atom. The van der Waals surface area contributed by atoms with Gasteiger partial charge in [-0.15, -0.1) is 0 Å². The number of aromatic nitrogens is 3. The van der Waals surface area contributed by atoms with Crippen LogP contribution in [0, 0.1) is 0 Å². The number of ether oxygens (including phenoxy) is 1. The first-order valence-electron chi connectivity index (χ1n) is 10.1. The molecule has 0 bridgehead atoms. The van der Waals surface area contributed by atoms with Gasteiger partial charge in [0.05, 0.1) is 36.1 Å². The molecular formula is C21H23F3N6O2. The molecule has 11 heteroatoms. The smallest absolute Gasteiger partial charge is 0.433 e. The summed E-state index contributed by atoms with van der Waals surface area (Å²) in [5.41, 5.74) is 0.878. The molecular weight excluding hydrogens is 425 g/mol. The van der Waals surface area contributed by atoms with Gasteiger partial charge in [0, 0.05) is 18.7 Å². The molecule has 3 N–H and O–H groups in total. The standard InChI is InChI=1S/C21H23F3N6O2/c1-30-8-7-12(26-20(31)27-13-3-6-18(25-11-13)21(22,23)24)9-17(30)19-28-15-5-4-14(32-2)10-16(15)29-19/h3-6,10-12,17H,7-9H2,1-2H3,(H,28,29)(H2,26,27,31)/t12-,17-/m1/s1. The molecule has 3 heterocycles. The number of anilines is 1. The number of imidazole rings is 1. The number of rotatable bonds is 4. The molecule has 4 rings (SSSR count). The number of aromatic amines is 1. The van der Waals surface area contributed by atoms with Crippen molar-refractivity contribution in [2.24, 2.45) is 0 Å². The number of piperidine rings is 1. The summed E-state index contributed by atoms with van der Waals surface area (Å²) in [6.45, 7) is 0.748. The number of halogens is 3. The fourth-order valence-electron chi connectivity index (χ4n) is 3.81. The summed E-state index contributed by atoms with van der Waals surface area (Å²) in [4.78, 5) is 25.9. The largest absolute Gasteiger partial charge is 0.497 e. The number of hydrogen-bond acceptors (Lipinski definition) is 5. The van der Waals surface area contributed by atoms with Crippen molar-refractivity contribution in [1.82, 2.24) is 25.2 Å². The van der Waals surface area contributed by atoms with Gasteiger partial charge in [0.1, 0.15) is 17.3 Å². The maximum Gasteiger partial charge on any atom is 0.433 e. The topological polar surface area (TPSA) is 95.2 Å². The molecule has 0 unspecified atom stereocenters. The van der Waals surface area contributed by atoms with E-state index in [1.807, 2.05) is 25.2 Å². The minimum atomic E-state index is -4.52. The summed E-state index contributed by atoms with van der Waals surface area (Å²) in [6.07, 6.45) is -2.17. The lowest BCUT2D eigenvalue weighted by Gasteiger charge is -2.36. The minimum absolute atomic E-state index is 0.0276. The number of carbonyl (C=O) groups excluding carboxylic acids is 1. The van der Waals surface area contributed by atoms with E-state index in [4.69, 9.17) is 9.72 Å². The average Bonchev–Trinajstić information content (AvgIpc) is 3.17. The number of nitrogens with one attached hydrogen (secondary N) is 3. The molecule has 2 aromatic heterocycles. The van der Waals surface area contributed by atoms with Crippen LogP contribution in [-0.2, 0) is 6.18 Å². The number of alkyl halides is 3. The Morgan fingerprint density at radius 1 is 1.28 bits per heavy atom. The van der Waals surface area contributed by atoms with Crippen molar-refractivity contribution < 1.29 is 22.7 Å². The lowest BCUT2D eigenvalue weighted by molar-refractivity contribution is -0.141. The van der Waals surface area contributed by atoms with Crippen molar-refractivity contribution in [3.63, 3.8) is 0 Å². The van der Waals surface area contributed by atoms with Crippen LogP contribution in [0.2, 0.25) is 0 Å². The first kappa shape index (κ1) is 21.9. The summed E-state index contributed by atoms with van der Waals surface area (Å²) < 4.78 is 43.1. The number of hydrogen-bond donors (Lipinski definition) is 3. The summed E-state index contributed by atoms with van der Waals surface area (Å²) in [5, 5.41) is 5.43. The quantitative estimate of drug-likeness (QED) is 0.562. The molecule has 2 atom stereocenters. The number of likely N-dealkylation sites (tertiary alicyclic amines) is 1. The molecule has 2 amide bonds. The third-order valence-corrected chi connectivity index (χ3v) is 5.54. The fraction of sp³-hybridized carbons (Fsp3) is 0.381. The van der Waals surface area contributed by atoms with Crippen molar-refractivity contribution in [1.29, 1.82) is 0 Å². The van der Waals surface area contributed by atoms with Crippen LogP contribution in [0.25, 0.3) is 11.0 Å². The van der Waals surface area contributed by atoms with Gasteiger partial charge in [-0.25, -0.2) is 14.8 Å². The molecule has 0 radical (unpaired) electrons. The highest BCUT2D eigenvalue weighted by atomic mass is 19.4. The average molecular weight is 448 g/mol. The van der Waals surface area contributed by atoms with Crippen molar-refractivity contribution in [2.75, 3.05) is 26.0 Å². The summed E-state index contributed by atoms with van der Waals surface area (Å²) in [7, 11) is 3.61. The van der Waals surface area contributed by atoms with Gasteiger partial charge >= 0.3 is 12.2 Å². The molecule has 0 saturated carbocycles. The molecule has 1 saturated heterocycles. The number of methoxy groups -OCH3 is 1. The highest BCUT2D eigenvalue weighted by Crippen LogP contribution is 2.31. The second kappa shape index (κ2) is 8.65. The maximum absolute atomic E-state index is 12.6. The summed E-state index contributed by atoms with van der Waals surface area (Å²) >= 11 is 0. The van der Waals surface area contributed by atoms with Crippen LogP contribution in [0.4, 0.5) is 23.7 Å². The normalized spacial score (nSPS) is 19.7. The number of benzene rings is 1. The van der Waals surface area contributed by atoms with Crippen LogP contribution in [-0.4, -0.2) is 52.6 Å². The van der Waals surface area contributed by atoms with Gasteiger partial charge in [-0.2, -0.15) is 13.2 Å². The highest BCUT2D eigenvalue weighted by Gasteiger charge is 2.32. The van der Waals surface area contributed by atoms with Gasteiger partial charge in [-0.1, -0.05) is 0 Å². The van der Waals surface area contributed by atoms with Crippen molar-refractivity contribution in [3.05, 3.63) is 48.0 Å². The van der Waals surface area contributed by atoms with Crippen molar-refractivity contribution >= 4 is 22.8 Å². The lowest BCUT2D eigenvalue weighted by Crippen LogP contribution is -2.46. The van der Waals surface area contributed by atoms with Gasteiger partial charge in [0.25, 0.3) is 0 Å². The predicted molar refractivity (Wildman–Crippen MR) is 112 cm³/mol. The second-order valence-electron chi connectivity index (χ2n) is 7.75. The van der Waals surface area contributed by atoms with Gasteiger partial charge in [0.2, 0.25) is 0 Å². The Morgan fingerprint density at radius 2 is 2.09 bits per heavy atom. The van der Waals surface area contributed by atoms with Crippen molar-refractivity contribution in [2.45, 2.75) is 31.1 Å². The first-order valence-corrected chi connectivity index (χ1v) is 10.1.